The summed E-state index contributed by atoms with van der Waals surface area (Å²) in [5.74, 6) is -1.17. The summed E-state index contributed by atoms with van der Waals surface area (Å²) in [7, 11) is 0. The van der Waals surface area contributed by atoms with Gasteiger partial charge < -0.3 is 19.7 Å². The number of fused-ring (bicyclic) bond motifs is 3. The minimum absolute atomic E-state index is 0.0972. The SMILES string of the molecule is C=C1C2CC3C(C(C)C)C(OC(=O)c4ccc(C#N)cc4)CC3(C)CC2/C(C)=C\CC2C(C)OC(=O)C(O)C12O. The van der Waals surface area contributed by atoms with Gasteiger partial charge >= 0.3 is 11.9 Å². The lowest BCUT2D eigenvalue weighted by Crippen LogP contribution is -2.63. The van der Waals surface area contributed by atoms with Gasteiger partial charge in [0.1, 0.15) is 17.8 Å². The molecule has 3 fully saturated rings. The molecule has 0 amide bonds. The van der Waals surface area contributed by atoms with Gasteiger partial charge in [-0.2, -0.15) is 5.26 Å². The molecule has 1 aliphatic heterocycles. The predicted octanol–water partition coefficient (Wildman–Crippen LogP) is 4.97. The van der Waals surface area contributed by atoms with Crippen LogP contribution in [-0.4, -0.2) is 46.1 Å². The number of hydrogen-bond acceptors (Lipinski definition) is 7. The Hall–Kier alpha value is -2.95. The van der Waals surface area contributed by atoms with Crippen LogP contribution in [0.2, 0.25) is 0 Å². The minimum atomic E-state index is -1.77. The van der Waals surface area contributed by atoms with Crippen molar-refractivity contribution in [2.75, 3.05) is 0 Å². The van der Waals surface area contributed by atoms with Crippen molar-refractivity contribution in [3.63, 3.8) is 0 Å². The molecule has 10 atom stereocenters. The summed E-state index contributed by atoms with van der Waals surface area (Å²) in [6, 6.07) is 8.58. The van der Waals surface area contributed by atoms with Crippen LogP contribution in [0.4, 0.5) is 0 Å². The van der Waals surface area contributed by atoms with Crippen LogP contribution < -0.4 is 0 Å². The van der Waals surface area contributed by atoms with Gasteiger partial charge in [-0.25, -0.2) is 9.59 Å². The zero-order valence-electron chi connectivity index (χ0n) is 24.1. The first-order valence-electron chi connectivity index (χ1n) is 14.5. The third kappa shape index (κ3) is 4.40. The average molecular weight is 548 g/mol. The monoisotopic (exact) mass is 547 g/mol. The molecule has 2 saturated carbocycles. The highest BCUT2D eigenvalue weighted by Crippen LogP contribution is 2.63. The second-order valence-electron chi connectivity index (χ2n) is 13.3. The van der Waals surface area contributed by atoms with Crippen LogP contribution in [0.5, 0.6) is 0 Å². The number of benzene rings is 1. The number of aliphatic hydroxyl groups excluding tert-OH is 1. The van der Waals surface area contributed by atoms with Gasteiger partial charge in [0.15, 0.2) is 6.10 Å². The number of carbonyl (C=O) groups is 2. The Morgan fingerprint density at radius 3 is 2.50 bits per heavy atom. The molecule has 4 aliphatic rings. The molecular weight excluding hydrogens is 506 g/mol. The molecular formula is C33H41NO6. The molecule has 10 unspecified atom stereocenters. The zero-order valence-corrected chi connectivity index (χ0v) is 24.1. The Balaban J connectivity index is 1.47. The molecule has 3 aliphatic carbocycles. The lowest BCUT2D eigenvalue weighted by Gasteiger charge is -2.54. The summed E-state index contributed by atoms with van der Waals surface area (Å²) in [5.41, 5.74) is 0.800. The van der Waals surface area contributed by atoms with Crippen molar-refractivity contribution in [1.82, 2.24) is 0 Å². The predicted molar refractivity (Wildman–Crippen MR) is 149 cm³/mol. The number of aliphatic hydroxyl groups is 2. The van der Waals surface area contributed by atoms with Crippen LogP contribution in [-0.2, 0) is 14.3 Å². The van der Waals surface area contributed by atoms with Crippen molar-refractivity contribution < 1.29 is 29.3 Å². The summed E-state index contributed by atoms with van der Waals surface area (Å²) >= 11 is 0. The number of esters is 2. The topological polar surface area (TPSA) is 117 Å². The van der Waals surface area contributed by atoms with Gasteiger partial charge in [-0.3, -0.25) is 0 Å². The fourth-order valence-electron chi connectivity index (χ4n) is 8.61. The minimum Gasteiger partial charge on any atom is -0.460 e. The fourth-order valence-corrected chi connectivity index (χ4v) is 8.61. The summed E-state index contributed by atoms with van der Waals surface area (Å²) in [5, 5.41) is 32.1. The van der Waals surface area contributed by atoms with Gasteiger partial charge in [-0.05, 0) is 98.5 Å². The quantitative estimate of drug-likeness (QED) is 0.405. The molecule has 0 aromatic heterocycles. The normalized spacial score (nSPS) is 42.2. The van der Waals surface area contributed by atoms with Crippen molar-refractivity contribution in [1.29, 1.82) is 5.26 Å². The zero-order chi connectivity index (χ0) is 29.1. The maximum absolute atomic E-state index is 13.2. The molecule has 1 aromatic carbocycles. The Morgan fingerprint density at radius 2 is 1.88 bits per heavy atom. The second-order valence-corrected chi connectivity index (χ2v) is 13.3. The molecule has 214 valence electrons. The number of nitriles is 1. The largest absolute Gasteiger partial charge is 0.460 e. The molecule has 40 heavy (non-hydrogen) atoms. The highest BCUT2D eigenvalue weighted by Gasteiger charge is 2.62. The smallest absolute Gasteiger partial charge is 0.338 e. The van der Waals surface area contributed by atoms with E-state index in [1.807, 2.05) is 0 Å². The van der Waals surface area contributed by atoms with Gasteiger partial charge in [0.25, 0.3) is 0 Å². The van der Waals surface area contributed by atoms with Crippen LogP contribution in [0.15, 0.2) is 48.1 Å². The van der Waals surface area contributed by atoms with E-state index in [0.29, 0.717) is 23.1 Å². The Bertz CT molecular complexity index is 1280. The van der Waals surface area contributed by atoms with E-state index in [0.717, 1.165) is 19.3 Å². The molecule has 1 heterocycles. The molecule has 2 N–H and O–H groups in total. The first kappa shape index (κ1) is 28.6. The van der Waals surface area contributed by atoms with Crippen molar-refractivity contribution in [2.45, 2.75) is 84.2 Å². The Kier molecular flexibility index (Phi) is 7.25. The van der Waals surface area contributed by atoms with Gasteiger partial charge in [0.2, 0.25) is 0 Å². The summed E-state index contributed by atoms with van der Waals surface area (Å²) in [6.45, 7) is 14.9. The van der Waals surface area contributed by atoms with E-state index in [9.17, 15) is 19.8 Å². The number of nitrogens with zero attached hydrogens (tertiary/aromatic N) is 1. The first-order chi connectivity index (χ1) is 18.8. The van der Waals surface area contributed by atoms with Gasteiger partial charge in [-0.15, -0.1) is 0 Å². The third-order valence-electron chi connectivity index (χ3n) is 10.7. The number of carbonyl (C=O) groups excluding carboxylic acids is 2. The third-order valence-corrected chi connectivity index (χ3v) is 10.7. The van der Waals surface area contributed by atoms with Crippen molar-refractivity contribution >= 4 is 11.9 Å². The molecule has 0 spiro atoms. The number of ether oxygens (including phenoxy) is 2. The average Bonchev–Trinajstić information content (AvgIpc) is 3.20. The molecule has 7 heteroatoms. The van der Waals surface area contributed by atoms with E-state index < -0.39 is 29.7 Å². The lowest BCUT2D eigenvalue weighted by atomic mass is 9.53. The molecule has 7 nitrogen and oxygen atoms in total. The van der Waals surface area contributed by atoms with Crippen molar-refractivity contribution in [3.05, 3.63) is 59.2 Å². The van der Waals surface area contributed by atoms with E-state index >= 15 is 0 Å². The van der Waals surface area contributed by atoms with E-state index in [-0.39, 0.29) is 47.1 Å². The van der Waals surface area contributed by atoms with Crippen molar-refractivity contribution in [2.24, 2.45) is 40.9 Å². The lowest BCUT2D eigenvalue weighted by molar-refractivity contribution is -0.209. The summed E-state index contributed by atoms with van der Waals surface area (Å²) in [6.07, 6.45) is 2.44. The molecule has 0 bridgehead atoms. The van der Waals surface area contributed by atoms with Crippen molar-refractivity contribution in [3.8, 4) is 6.07 Å². The van der Waals surface area contributed by atoms with Crippen LogP contribution in [0, 0.1) is 52.3 Å². The van der Waals surface area contributed by atoms with E-state index in [1.54, 1.807) is 31.2 Å². The number of rotatable bonds is 3. The van der Waals surface area contributed by atoms with Gasteiger partial charge in [-0.1, -0.05) is 39.0 Å². The molecule has 1 aromatic rings. The first-order valence-corrected chi connectivity index (χ1v) is 14.5. The Labute approximate surface area is 236 Å². The van der Waals surface area contributed by atoms with E-state index in [4.69, 9.17) is 14.7 Å². The fraction of sp³-hybridized carbons (Fsp3) is 0.606. The number of hydrogen-bond donors (Lipinski definition) is 2. The van der Waals surface area contributed by atoms with E-state index in [1.165, 1.54) is 5.57 Å². The summed E-state index contributed by atoms with van der Waals surface area (Å²) in [4.78, 5) is 25.7. The highest BCUT2D eigenvalue weighted by molar-refractivity contribution is 5.89. The van der Waals surface area contributed by atoms with Crippen LogP contribution >= 0.6 is 0 Å². The standard InChI is InChI=1S/C33H41NO6/c1-17(2)28-26-13-23-19(4)33(38)25(20(5)39-31(37)29(33)35)12-7-18(3)24(23)14-32(26,6)15-27(28)40-30(36)22-10-8-21(16-34)9-11-22/h7-11,17,20,23-29,35,38H,4,12-15H2,1-3,5-6H3/b18-7-. The Morgan fingerprint density at radius 1 is 1.20 bits per heavy atom. The maximum atomic E-state index is 13.2. The van der Waals surface area contributed by atoms with Gasteiger partial charge in [0.05, 0.1) is 17.2 Å². The molecule has 1 saturated heterocycles. The summed E-state index contributed by atoms with van der Waals surface area (Å²) < 4.78 is 11.6. The van der Waals surface area contributed by atoms with Gasteiger partial charge in [0, 0.05) is 11.8 Å². The van der Waals surface area contributed by atoms with Crippen LogP contribution in [0.1, 0.15) is 76.2 Å². The highest BCUT2D eigenvalue weighted by atomic mass is 16.6. The van der Waals surface area contributed by atoms with Crippen LogP contribution in [0.25, 0.3) is 0 Å². The van der Waals surface area contributed by atoms with Crippen LogP contribution in [0.3, 0.4) is 0 Å². The number of cyclic esters (lactones) is 1. The van der Waals surface area contributed by atoms with E-state index in [2.05, 4.69) is 46.4 Å². The second kappa shape index (κ2) is 10.2. The maximum Gasteiger partial charge on any atom is 0.338 e. The number of allylic oxidation sites excluding steroid dienone is 2. The molecule has 0 radical (unpaired) electrons. The molecule has 5 rings (SSSR count).